The van der Waals surface area contributed by atoms with Crippen molar-refractivity contribution < 1.29 is 26.9 Å². The molecule has 0 saturated carbocycles. The zero-order valence-electron chi connectivity index (χ0n) is 15.0. The molecule has 0 bridgehead atoms. The molecule has 1 saturated heterocycles. The molecule has 1 fully saturated rings. The van der Waals surface area contributed by atoms with Crippen LogP contribution in [0.25, 0.3) is 0 Å². The number of non-ortho nitro benzene ring substituents is 1. The first kappa shape index (κ1) is 20.8. The Bertz CT molecular complexity index is 1050. The summed E-state index contributed by atoms with van der Waals surface area (Å²) in [5, 5.41) is 13.4. The third kappa shape index (κ3) is 4.57. The van der Waals surface area contributed by atoms with Crippen LogP contribution in [0.1, 0.15) is 12.8 Å². The number of nitrogens with zero attached hydrogens (tertiary/aromatic N) is 2. The minimum absolute atomic E-state index is 0.0361. The number of nitrogens with one attached hydrogen (secondary N) is 1. The predicted molar refractivity (Wildman–Crippen MR) is 99.6 cm³/mol. The second kappa shape index (κ2) is 8.21. The van der Waals surface area contributed by atoms with Gasteiger partial charge in [-0.1, -0.05) is 6.07 Å². The highest BCUT2D eigenvalue weighted by Gasteiger charge is 2.32. The first-order chi connectivity index (χ1) is 13.7. The maximum atomic E-state index is 13.4. The monoisotopic (exact) mass is 425 g/mol. The molecule has 2 aromatic carbocycles. The van der Waals surface area contributed by atoms with E-state index in [1.54, 1.807) is 0 Å². The number of sulfonamides is 1. The van der Waals surface area contributed by atoms with E-state index in [1.165, 1.54) is 24.3 Å². The molecule has 0 radical (unpaired) electrons. The van der Waals surface area contributed by atoms with Crippen LogP contribution in [0.4, 0.5) is 20.2 Å². The highest BCUT2D eigenvalue weighted by Crippen LogP contribution is 2.26. The molecule has 11 heteroatoms. The van der Waals surface area contributed by atoms with Crippen LogP contribution >= 0.6 is 0 Å². The first-order valence-corrected chi connectivity index (χ1v) is 10.1. The quantitative estimate of drug-likeness (QED) is 0.585. The summed E-state index contributed by atoms with van der Waals surface area (Å²) in [4.78, 5) is 22.3. The number of hydrogen-bond donors (Lipinski definition) is 1. The number of halogens is 2. The number of amides is 1. The fraction of sp³-hybridized carbons (Fsp3) is 0.278. The maximum Gasteiger partial charge on any atom is 0.271 e. The normalized spacial score (nSPS) is 15.8. The standard InChI is InChI=1S/C18H17F2N3O5S/c19-16-5-4-15(11-17(16)20)29(27,28)22-8-6-12(7-9-22)18(24)21-13-2-1-3-14(10-13)23(25)26/h1-5,10-12H,6-9H2,(H,21,24). The van der Waals surface area contributed by atoms with Gasteiger partial charge in [-0.2, -0.15) is 4.31 Å². The lowest BCUT2D eigenvalue weighted by Crippen LogP contribution is -2.41. The third-order valence-electron chi connectivity index (χ3n) is 4.68. The Morgan fingerprint density at radius 2 is 1.79 bits per heavy atom. The van der Waals surface area contributed by atoms with Gasteiger partial charge in [-0.25, -0.2) is 17.2 Å². The number of carbonyl (C=O) groups excluding carboxylic acids is 1. The number of rotatable bonds is 5. The largest absolute Gasteiger partial charge is 0.326 e. The van der Waals surface area contributed by atoms with E-state index in [2.05, 4.69) is 5.32 Å². The van der Waals surface area contributed by atoms with Crippen molar-refractivity contribution in [3.8, 4) is 0 Å². The van der Waals surface area contributed by atoms with Crippen molar-refractivity contribution >= 4 is 27.3 Å². The van der Waals surface area contributed by atoms with Gasteiger partial charge in [-0.05, 0) is 37.1 Å². The SMILES string of the molecule is O=C(Nc1cccc([N+](=O)[O-])c1)C1CCN(S(=O)(=O)c2ccc(F)c(F)c2)CC1. The van der Waals surface area contributed by atoms with E-state index in [-0.39, 0.29) is 48.1 Å². The van der Waals surface area contributed by atoms with Gasteiger partial charge in [-0.3, -0.25) is 14.9 Å². The Morgan fingerprint density at radius 1 is 1.10 bits per heavy atom. The van der Waals surface area contributed by atoms with Gasteiger partial charge in [-0.15, -0.1) is 0 Å². The van der Waals surface area contributed by atoms with E-state index in [0.717, 1.165) is 16.4 Å². The molecule has 1 N–H and O–H groups in total. The van der Waals surface area contributed by atoms with Gasteiger partial charge in [0, 0.05) is 36.8 Å². The Balaban J connectivity index is 1.63. The molecule has 1 aliphatic rings. The smallest absolute Gasteiger partial charge is 0.271 e. The molecule has 0 aliphatic carbocycles. The van der Waals surface area contributed by atoms with E-state index >= 15 is 0 Å². The minimum atomic E-state index is -4.00. The number of nitro benzene ring substituents is 1. The predicted octanol–water partition coefficient (Wildman–Crippen LogP) is 2.91. The molecule has 0 aromatic heterocycles. The zero-order chi connectivity index (χ0) is 21.2. The molecule has 1 aliphatic heterocycles. The number of benzene rings is 2. The lowest BCUT2D eigenvalue weighted by molar-refractivity contribution is -0.384. The van der Waals surface area contributed by atoms with Gasteiger partial charge in [0.25, 0.3) is 5.69 Å². The van der Waals surface area contributed by atoms with Crippen molar-refractivity contribution in [2.45, 2.75) is 17.7 Å². The Labute approximate surface area is 165 Å². The summed E-state index contributed by atoms with van der Waals surface area (Å²) < 4.78 is 52.7. The fourth-order valence-corrected chi connectivity index (χ4v) is 4.57. The highest BCUT2D eigenvalue weighted by atomic mass is 32.2. The van der Waals surface area contributed by atoms with Crippen molar-refractivity contribution in [2.24, 2.45) is 5.92 Å². The van der Waals surface area contributed by atoms with Gasteiger partial charge in [0.15, 0.2) is 11.6 Å². The summed E-state index contributed by atoms with van der Waals surface area (Å²) in [6.45, 7) is 0.0721. The molecule has 29 heavy (non-hydrogen) atoms. The molecule has 1 heterocycles. The maximum absolute atomic E-state index is 13.4. The lowest BCUT2D eigenvalue weighted by Gasteiger charge is -2.30. The van der Waals surface area contributed by atoms with Crippen molar-refractivity contribution in [1.82, 2.24) is 4.31 Å². The van der Waals surface area contributed by atoms with Gasteiger partial charge in [0.1, 0.15) is 0 Å². The van der Waals surface area contributed by atoms with Gasteiger partial charge in [0.05, 0.1) is 9.82 Å². The van der Waals surface area contributed by atoms with E-state index in [4.69, 9.17) is 0 Å². The van der Waals surface area contributed by atoms with Crippen LogP contribution < -0.4 is 5.32 Å². The van der Waals surface area contributed by atoms with Crippen LogP contribution in [0.15, 0.2) is 47.4 Å². The van der Waals surface area contributed by atoms with E-state index in [1.807, 2.05) is 0 Å². The van der Waals surface area contributed by atoms with Crippen molar-refractivity contribution in [3.05, 3.63) is 64.2 Å². The second-order valence-corrected chi connectivity index (χ2v) is 8.49. The van der Waals surface area contributed by atoms with Crippen LogP contribution in [-0.4, -0.2) is 36.6 Å². The number of anilines is 1. The van der Waals surface area contributed by atoms with Crippen LogP contribution in [0.5, 0.6) is 0 Å². The topological polar surface area (TPSA) is 110 Å². The van der Waals surface area contributed by atoms with Crippen molar-refractivity contribution in [2.75, 3.05) is 18.4 Å². The molecule has 154 valence electrons. The van der Waals surface area contributed by atoms with Crippen LogP contribution in [-0.2, 0) is 14.8 Å². The average molecular weight is 425 g/mol. The Hall–Kier alpha value is -2.92. The summed E-state index contributed by atoms with van der Waals surface area (Å²) in [6.07, 6.45) is 0.452. The fourth-order valence-electron chi connectivity index (χ4n) is 3.09. The van der Waals surface area contributed by atoms with Crippen molar-refractivity contribution in [1.29, 1.82) is 0 Å². The lowest BCUT2D eigenvalue weighted by atomic mass is 9.97. The summed E-state index contributed by atoms with van der Waals surface area (Å²) in [7, 11) is -4.00. The molecular formula is C18H17F2N3O5S. The summed E-state index contributed by atoms with van der Waals surface area (Å²) >= 11 is 0. The third-order valence-corrected chi connectivity index (χ3v) is 6.57. The Morgan fingerprint density at radius 3 is 2.41 bits per heavy atom. The van der Waals surface area contributed by atoms with Gasteiger partial charge >= 0.3 is 0 Å². The number of nitro groups is 1. The molecule has 0 atom stereocenters. The summed E-state index contributed by atoms with van der Waals surface area (Å²) in [5.41, 5.74) is 0.122. The van der Waals surface area contributed by atoms with Crippen LogP contribution in [0.2, 0.25) is 0 Å². The first-order valence-electron chi connectivity index (χ1n) is 8.69. The molecule has 2 aromatic rings. The number of carbonyl (C=O) groups is 1. The van der Waals surface area contributed by atoms with Crippen molar-refractivity contribution in [3.63, 3.8) is 0 Å². The molecule has 3 rings (SSSR count). The molecule has 1 amide bonds. The summed E-state index contributed by atoms with van der Waals surface area (Å²) in [6, 6.07) is 7.89. The zero-order valence-corrected chi connectivity index (χ0v) is 15.9. The van der Waals surface area contributed by atoms with E-state index in [0.29, 0.717) is 6.07 Å². The number of piperidine rings is 1. The molecule has 8 nitrogen and oxygen atoms in total. The van der Waals surface area contributed by atoms with Gasteiger partial charge < -0.3 is 5.32 Å². The van der Waals surface area contributed by atoms with Crippen LogP contribution in [0, 0.1) is 27.7 Å². The Kier molecular flexibility index (Phi) is 5.89. The summed E-state index contributed by atoms with van der Waals surface area (Å²) in [5.74, 6) is -3.24. The van der Waals surface area contributed by atoms with Gasteiger partial charge in [0.2, 0.25) is 15.9 Å². The van der Waals surface area contributed by atoms with E-state index in [9.17, 15) is 32.1 Å². The molecule has 0 spiro atoms. The highest BCUT2D eigenvalue weighted by molar-refractivity contribution is 7.89. The minimum Gasteiger partial charge on any atom is -0.326 e. The number of hydrogen-bond acceptors (Lipinski definition) is 5. The average Bonchev–Trinajstić information content (AvgIpc) is 2.70. The molecule has 0 unspecified atom stereocenters. The van der Waals surface area contributed by atoms with E-state index < -0.39 is 32.5 Å². The second-order valence-electron chi connectivity index (χ2n) is 6.55. The van der Waals surface area contributed by atoms with Crippen LogP contribution in [0.3, 0.4) is 0 Å². The molecular weight excluding hydrogens is 408 g/mol.